The van der Waals surface area contributed by atoms with E-state index in [1.165, 1.54) is 152 Å². The van der Waals surface area contributed by atoms with Crippen molar-refractivity contribution in [2.24, 2.45) is 0 Å². The normalized spacial score (nSPS) is 10.4. The first kappa shape index (κ1) is 44.4. The third-order valence-electron chi connectivity index (χ3n) is 10.4. The molecule has 0 unspecified atom stereocenters. The van der Waals surface area contributed by atoms with Crippen LogP contribution in [-0.2, 0) is 36.2 Å². The molecule has 0 amide bonds. The predicted molar refractivity (Wildman–Crippen MR) is 246 cm³/mol. The predicted octanol–water partition coefficient (Wildman–Crippen LogP) is 15.8. The van der Waals surface area contributed by atoms with Crippen molar-refractivity contribution in [3.05, 3.63) is 196 Å². The van der Waals surface area contributed by atoms with E-state index in [4.69, 9.17) is 0 Å². The summed E-state index contributed by atoms with van der Waals surface area (Å²) in [5, 5.41) is 5.52. The van der Waals surface area contributed by atoms with Gasteiger partial charge in [-0.1, -0.05) is 231 Å². The van der Waals surface area contributed by atoms with Crippen LogP contribution in [0, 0.1) is 14.9 Å². The summed E-state index contributed by atoms with van der Waals surface area (Å²) in [4.78, 5) is 0. The third-order valence-corrected chi connectivity index (χ3v) is 10.4. The van der Waals surface area contributed by atoms with E-state index in [0.717, 1.165) is 0 Å². The summed E-state index contributed by atoms with van der Waals surface area (Å²) in [6.07, 6.45) is 10.0. The molecule has 8 rings (SSSR count). The number of unbranched alkanes of at least 4 members (excludes halogenated alkanes) is 4. The summed E-state index contributed by atoms with van der Waals surface area (Å²) in [6, 6.07) is 61.8. The number of fused-ring (bicyclic) bond motifs is 2. The van der Waals surface area contributed by atoms with Crippen LogP contribution in [0.25, 0.3) is 66.1 Å². The zero-order chi connectivity index (χ0) is 37.5. The van der Waals surface area contributed by atoms with Gasteiger partial charge < -0.3 is 14.9 Å². The number of rotatable bonds is 12. The van der Waals surface area contributed by atoms with Crippen molar-refractivity contribution in [3.63, 3.8) is 0 Å². The monoisotopic (exact) mass is 822 g/mol. The fraction of sp³-hybridized carbons (Fsp3) is 0.185. The van der Waals surface area contributed by atoms with Crippen LogP contribution in [0.4, 0.5) is 0 Å². The molecule has 8 aromatic rings. The number of benzene rings is 6. The van der Waals surface area contributed by atoms with Crippen LogP contribution in [-0.4, -0.2) is 6.88 Å². The van der Waals surface area contributed by atoms with Crippen molar-refractivity contribution in [2.75, 3.05) is 0 Å². The Hall–Kier alpha value is -4.36. The van der Waals surface area contributed by atoms with Gasteiger partial charge in [-0.3, -0.25) is 0 Å². The molecule has 56 heavy (non-hydrogen) atoms. The van der Waals surface area contributed by atoms with Crippen LogP contribution < -0.4 is 0 Å². The molecule has 0 atom stereocenters. The standard InChI is InChI=1S/2C26H25.2CH3.Si.Zr/c2*1-2-3-6-11-20-18-25-23(21-12-7-4-8-13-21)16-17-24(26(25)19-20)22-14-9-5-10-15-22;;;;/h2*4-5,7-10,12-19H,2-3,6,11H2,1H3;2*1H3;;/q4*-1;;. The molecule has 284 valence electrons. The minimum atomic E-state index is 0. The molecule has 2 radical (unpaired) electrons. The van der Waals surface area contributed by atoms with Crippen molar-refractivity contribution in [2.45, 2.75) is 65.2 Å². The van der Waals surface area contributed by atoms with Gasteiger partial charge in [0.1, 0.15) is 0 Å². The molecule has 0 saturated heterocycles. The Morgan fingerprint density at radius 2 is 0.679 bits per heavy atom. The topological polar surface area (TPSA) is 0 Å². The zero-order valence-electron chi connectivity index (χ0n) is 33.8. The van der Waals surface area contributed by atoms with Crippen LogP contribution in [0.5, 0.6) is 0 Å². The Balaban J connectivity index is 0.000000230. The molecule has 0 nitrogen and oxygen atoms in total. The van der Waals surface area contributed by atoms with Gasteiger partial charge in [0.15, 0.2) is 0 Å². The first-order valence-corrected chi connectivity index (χ1v) is 23.8. The third kappa shape index (κ3) is 10.9. The van der Waals surface area contributed by atoms with Crippen molar-refractivity contribution in [1.29, 1.82) is 0 Å². The molecule has 2 heteroatoms. The van der Waals surface area contributed by atoms with Gasteiger partial charge in [0.2, 0.25) is 0 Å². The van der Waals surface area contributed by atoms with E-state index < -0.39 is 0 Å². The quantitative estimate of drug-likeness (QED) is 0.0654. The summed E-state index contributed by atoms with van der Waals surface area (Å²) in [7, 11) is 0. The van der Waals surface area contributed by atoms with Gasteiger partial charge in [0.05, 0.1) is 0 Å². The van der Waals surface area contributed by atoms with E-state index in [1.807, 2.05) is 0 Å². The van der Waals surface area contributed by atoms with Gasteiger partial charge in [-0.05, 0) is 24.0 Å². The molecule has 8 aromatic carbocycles. The molecule has 0 aliphatic carbocycles. The summed E-state index contributed by atoms with van der Waals surface area (Å²) < 4.78 is 0. The SMILES string of the molecule is CCCCCc1cc2c(-c3ccccc3)ccc(-c3ccccc3)c2[cH-]1.CCCCCc1cc2c(-c3ccccc3)ccc(-c3ccccc3)c2[cH-]1.[CH3-].[CH3-].[Si]=[Zr]. The van der Waals surface area contributed by atoms with E-state index in [2.05, 4.69) is 191 Å². The Kier molecular flexibility index (Phi) is 18.2. The van der Waals surface area contributed by atoms with Crippen LogP contribution >= 0.6 is 0 Å². The fourth-order valence-electron chi connectivity index (χ4n) is 7.64. The summed E-state index contributed by atoms with van der Waals surface area (Å²) in [6.45, 7) is 7.59. The van der Waals surface area contributed by atoms with Crippen molar-refractivity contribution in [1.82, 2.24) is 0 Å². The molecular weight excluding hydrogens is 768 g/mol. The van der Waals surface area contributed by atoms with Gasteiger partial charge >= 0.3 is 30.2 Å². The molecule has 0 heterocycles. The summed E-state index contributed by atoms with van der Waals surface area (Å²) in [5.74, 6) is 0. The average molecular weight is 824 g/mol. The van der Waals surface area contributed by atoms with Crippen LogP contribution in [0.15, 0.2) is 170 Å². The number of hydrogen-bond donors (Lipinski definition) is 0. The molecule has 0 aromatic heterocycles. The molecule has 0 saturated carbocycles. The van der Waals surface area contributed by atoms with Crippen molar-refractivity contribution >= 4 is 28.4 Å². The molecule has 0 N–H and O–H groups in total. The van der Waals surface area contributed by atoms with Crippen LogP contribution in [0.3, 0.4) is 0 Å². The maximum absolute atomic E-state index is 3.06. The van der Waals surface area contributed by atoms with E-state index in [1.54, 1.807) is 0 Å². The maximum atomic E-state index is 3.06. The van der Waals surface area contributed by atoms with Gasteiger partial charge in [-0.25, -0.2) is 0 Å². The van der Waals surface area contributed by atoms with E-state index in [0.29, 0.717) is 0 Å². The van der Waals surface area contributed by atoms with Crippen LogP contribution in [0.2, 0.25) is 0 Å². The minimum absolute atomic E-state index is 0. The second kappa shape index (κ2) is 23.0. The molecule has 0 aliphatic rings. The molecular formula is C54H56SiZr-4. The fourth-order valence-corrected chi connectivity index (χ4v) is 7.64. The second-order valence-electron chi connectivity index (χ2n) is 14.1. The van der Waals surface area contributed by atoms with Gasteiger partial charge in [-0.15, -0.1) is 44.8 Å². The number of hydrogen-bond acceptors (Lipinski definition) is 0. The van der Waals surface area contributed by atoms with Crippen molar-refractivity contribution < 1.29 is 23.3 Å². The Morgan fingerprint density at radius 3 is 0.982 bits per heavy atom. The molecule has 0 bridgehead atoms. The molecule has 0 spiro atoms. The molecule has 0 fully saturated rings. The van der Waals surface area contributed by atoms with Gasteiger partial charge in [-0.2, -0.15) is 12.1 Å². The first-order valence-electron chi connectivity index (χ1n) is 19.6. The van der Waals surface area contributed by atoms with Crippen molar-refractivity contribution in [3.8, 4) is 44.5 Å². The Morgan fingerprint density at radius 1 is 0.393 bits per heavy atom. The van der Waals surface area contributed by atoms with Gasteiger partial charge in [0.25, 0.3) is 0 Å². The van der Waals surface area contributed by atoms with E-state index in [9.17, 15) is 0 Å². The zero-order valence-corrected chi connectivity index (χ0v) is 37.3. The molecule has 0 aliphatic heterocycles. The van der Waals surface area contributed by atoms with E-state index in [-0.39, 0.29) is 14.9 Å². The first-order chi connectivity index (χ1) is 26.7. The van der Waals surface area contributed by atoms with E-state index >= 15 is 0 Å². The number of aryl methyl sites for hydroxylation is 2. The van der Waals surface area contributed by atoms with Crippen LogP contribution in [0.1, 0.15) is 63.5 Å². The Bertz CT molecular complexity index is 2000. The van der Waals surface area contributed by atoms with Gasteiger partial charge in [0, 0.05) is 0 Å². The second-order valence-corrected chi connectivity index (χ2v) is 14.1. The average Bonchev–Trinajstić information content (AvgIpc) is 3.88. The Labute approximate surface area is 355 Å². The summed E-state index contributed by atoms with van der Waals surface area (Å²) >= 11 is 1.36. The summed E-state index contributed by atoms with van der Waals surface area (Å²) in [5.41, 5.74) is 13.5.